The lowest BCUT2D eigenvalue weighted by molar-refractivity contribution is -0.122. The largest absolute Gasteiger partial charge is 0.495 e. The monoisotopic (exact) mass is 385 g/mol. The van der Waals surface area contributed by atoms with Crippen molar-refractivity contribution in [1.82, 2.24) is 9.62 Å². The lowest BCUT2D eigenvalue weighted by Crippen LogP contribution is -2.47. The Balaban J connectivity index is 3.13. The maximum atomic E-state index is 12.9. The van der Waals surface area contributed by atoms with Crippen LogP contribution in [0.5, 0.6) is 5.75 Å². The number of anilines is 1. The average Bonchev–Trinajstić information content (AvgIpc) is 2.50. The van der Waals surface area contributed by atoms with Gasteiger partial charge < -0.3 is 15.4 Å². The third-order valence-electron chi connectivity index (χ3n) is 3.31. The first-order chi connectivity index (χ1) is 11.9. The second kappa shape index (κ2) is 8.50. The minimum atomic E-state index is -3.90. The average molecular weight is 385 g/mol. The fourth-order valence-corrected chi connectivity index (χ4v) is 3.68. The summed E-state index contributed by atoms with van der Waals surface area (Å²) in [5, 5.41) is 5.31. The zero-order valence-corrected chi connectivity index (χ0v) is 16.9. The second-order valence-electron chi connectivity index (χ2n) is 6.77. The van der Waals surface area contributed by atoms with Gasteiger partial charge in [0.25, 0.3) is 0 Å². The zero-order valence-electron chi connectivity index (χ0n) is 16.0. The molecule has 0 atom stereocenters. The van der Waals surface area contributed by atoms with Crippen LogP contribution in [0.4, 0.5) is 5.69 Å². The molecule has 2 amide bonds. The lowest BCUT2D eigenvalue weighted by Gasteiger charge is -2.25. The van der Waals surface area contributed by atoms with E-state index in [-0.39, 0.29) is 35.5 Å². The Bertz CT molecular complexity index is 769. The molecule has 0 aromatic heterocycles. The van der Waals surface area contributed by atoms with Crippen LogP contribution in [-0.2, 0) is 19.6 Å². The molecule has 0 fully saturated rings. The third kappa shape index (κ3) is 5.99. The summed E-state index contributed by atoms with van der Waals surface area (Å²) in [6, 6.07) is 4.15. The van der Waals surface area contributed by atoms with E-state index in [9.17, 15) is 18.0 Å². The van der Waals surface area contributed by atoms with Crippen molar-refractivity contribution in [2.75, 3.05) is 25.5 Å². The number of likely N-dealkylation sites (N-methyl/N-ethyl adjacent to an activating group) is 1. The molecule has 0 aliphatic heterocycles. The Kier molecular flexibility index (Phi) is 7.16. The van der Waals surface area contributed by atoms with Gasteiger partial charge in [0.05, 0.1) is 24.2 Å². The van der Waals surface area contributed by atoms with E-state index >= 15 is 0 Å². The van der Waals surface area contributed by atoms with Crippen molar-refractivity contribution in [1.29, 1.82) is 0 Å². The molecule has 0 radical (unpaired) electrons. The van der Waals surface area contributed by atoms with Gasteiger partial charge in [-0.25, -0.2) is 8.42 Å². The number of hydrogen-bond donors (Lipinski definition) is 2. The standard InChI is InChI=1S/C17H27N3O5S/c1-7-20(11-16(22)19-17(3,4)5)26(23,24)13-8-9-14(18-12(2)21)15(10-13)25-6/h8-10H,7,11H2,1-6H3,(H,18,21)(H,19,22). The third-order valence-corrected chi connectivity index (χ3v) is 5.23. The normalized spacial score (nSPS) is 12.0. The van der Waals surface area contributed by atoms with Crippen molar-refractivity contribution < 1.29 is 22.7 Å². The fraction of sp³-hybridized carbons (Fsp3) is 0.529. The number of carbonyl (C=O) groups excluding carboxylic acids is 2. The predicted molar refractivity (Wildman–Crippen MR) is 99.6 cm³/mol. The summed E-state index contributed by atoms with van der Waals surface area (Å²) >= 11 is 0. The molecule has 8 nitrogen and oxygen atoms in total. The quantitative estimate of drug-likeness (QED) is 0.741. The molecule has 0 saturated heterocycles. The molecular formula is C17H27N3O5S. The highest BCUT2D eigenvalue weighted by Crippen LogP contribution is 2.29. The van der Waals surface area contributed by atoms with Crippen molar-refractivity contribution in [3.8, 4) is 5.75 Å². The fourth-order valence-electron chi connectivity index (χ4n) is 2.26. The van der Waals surface area contributed by atoms with Gasteiger partial charge in [0.2, 0.25) is 21.8 Å². The Morgan fingerprint density at radius 3 is 2.31 bits per heavy atom. The van der Waals surface area contributed by atoms with Crippen molar-refractivity contribution >= 4 is 27.5 Å². The van der Waals surface area contributed by atoms with Gasteiger partial charge in [-0.3, -0.25) is 9.59 Å². The molecule has 0 bridgehead atoms. The van der Waals surface area contributed by atoms with Crippen molar-refractivity contribution in [3.05, 3.63) is 18.2 Å². The number of rotatable bonds is 7. The second-order valence-corrected chi connectivity index (χ2v) is 8.71. The molecule has 0 heterocycles. The smallest absolute Gasteiger partial charge is 0.243 e. The molecule has 0 saturated carbocycles. The molecule has 0 spiro atoms. The van der Waals surface area contributed by atoms with E-state index in [2.05, 4.69) is 10.6 Å². The highest BCUT2D eigenvalue weighted by molar-refractivity contribution is 7.89. The molecule has 0 aliphatic carbocycles. The van der Waals surface area contributed by atoms with Crippen LogP contribution in [0.3, 0.4) is 0 Å². The number of hydrogen-bond acceptors (Lipinski definition) is 5. The first-order valence-electron chi connectivity index (χ1n) is 8.17. The van der Waals surface area contributed by atoms with Crippen LogP contribution in [0.2, 0.25) is 0 Å². The number of methoxy groups -OCH3 is 1. The molecule has 2 N–H and O–H groups in total. The van der Waals surface area contributed by atoms with Crippen LogP contribution >= 0.6 is 0 Å². The summed E-state index contributed by atoms with van der Waals surface area (Å²) in [4.78, 5) is 23.3. The highest BCUT2D eigenvalue weighted by atomic mass is 32.2. The summed E-state index contributed by atoms with van der Waals surface area (Å²) in [6.45, 7) is 8.31. The number of carbonyl (C=O) groups is 2. The Morgan fingerprint density at radius 1 is 1.23 bits per heavy atom. The van der Waals surface area contributed by atoms with Crippen LogP contribution in [0, 0.1) is 0 Å². The van der Waals surface area contributed by atoms with Gasteiger partial charge in [-0.05, 0) is 32.9 Å². The van der Waals surface area contributed by atoms with E-state index in [4.69, 9.17) is 4.74 Å². The van der Waals surface area contributed by atoms with Crippen molar-refractivity contribution in [3.63, 3.8) is 0 Å². The maximum Gasteiger partial charge on any atom is 0.243 e. The van der Waals surface area contributed by atoms with E-state index in [1.54, 1.807) is 6.92 Å². The molecular weight excluding hydrogens is 358 g/mol. The van der Waals surface area contributed by atoms with E-state index in [1.165, 1.54) is 32.2 Å². The van der Waals surface area contributed by atoms with Crippen LogP contribution in [-0.4, -0.2) is 50.3 Å². The van der Waals surface area contributed by atoms with Crippen LogP contribution in [0.25, 0.3) is 0 Å². The predicted octanol–water partition coefficient (Wildman–Crippen LogP) is 1.58. The first kappa shape index (κ1) is 21.9. The molecule has 1 aromatic carbocycles. The summed E-state index contributed by atoms with van der Waals surface area (Å²) in [5.41, 5.74) is -0.0868. The van der Waals surface area contributed by atoms with E-state index in [0.717, 1.165) is 4.31 Å². The summed E-state index contributed by atoms with van der Waals surface area (Å²) in [5.74, 6) is -0.464. The molecule has 0 aliphatic rings. The SMILES string of the molecule is CCN(CC(=O)NC(C)(C)C)S(=O)(=O)c1ccc(NC(C)=O)c(OC)c1. The molecule has 26 heavy (non-hydrogen) atoms. The van der Waals surface area contributed by atoms with Crippen LogP contribution in [0.15, 0.2) is 23.1 Å². The summed E-state index contributed by atoms with van der Waals surface area (Å²) in [7, 11) is -2.52. The van der Waals surface area contributed by atoms with E-state index in [0.29, 0.717) is 5.69 Å². The lowest BCUT2D eigenvalue weighted by atomic mass is 10.1. The Hall–Kier alpha value is -2.13. The number of benzene rings is 1. The molecule has 9 heteroatoms. The minimum Gasteiger partial charge on any atom is -0.495 e. The molecule has 0 unspecified atom stereocenters. The summed E-state index contributed by atoms with van der Waals surface area (Å²) in [6.07, 6.45) is 0. The minimum absolute atomic E-state index is 0.0196. The molecule has 146 valence electrons. The zero-order chi connectivity index (χ0) is 20.1. The number of nitrogens with one attached hydrogen (secondary N) is 2. The Morgan fingerprint density at radius 2 is 1.85 bits per heavy atom. The number of amides is 2. The van der Waals surface area contributed by atoms with Crippen LogP contribution < -0.4 is 15.4 Å². The van der Waals surface area contributed by atoms with Crippen molar-refractivity contribution in [2.24, 2.45) is 0 Å². The number of nitrogens with zero attached hydrogens (tertiary/aromatic N) is 1. The van der Waals surface area contributed by atoms with Crippen molar-refractivity contribution in [2.45, 2.75) is 45.1 Å². The van der Waals surface area contributed by atoms with E-state index < -0.39 is 15.6 Å². The number of ether oxygens (including phenoxy) is 1. The van der Waals surface area contributed by atoms with Gasteiger partial charge in [0, 0.05) is 25.1 Å². The van der Waals surface area contributed by atoms with Gasteiger partial charge in [-0.15, -0.1) is 0 Å². The highest BCUT2D eigenvalue weighted by Gasteiger charge is 2.27. The van der Waals surface area contributed by atoms with Crippen LogP contribution in [0.1, 0.15) is 34.6 Å². The molecule has 1 rings (SSSR count). The topological polar surface area (TPSA) is 105 Å². The van der Waals surface area contributed by atoms with Gasteiger partial charge in [-0.1, -0.05) is 6.92 Å². The van der Waals surface area contributed by atoms with E-state index in [1.807, 2.05) is 20.8 Å². The van der Waals surface area contributed by atoms with Gasteiger partial charge in [0.1, 0.15) is 5.75 Å². The maximum absolute atomic E-state index is 12.9. The van der Waals surface area contributed by atoms with Gasteiger partial charge in [-0.2, -0.15) is 4.31 Å². The van der Waals surface area contributed by atoms with Gasteiger partial charge >= 0.3 is 0 Å². The Labute approximate surface area is 155 Å². The number of sulfonamides is 1. The first-order valence-corrected chi connectivity index (χ1v) is 9.61. The molecule has 1 aromatic rings. The van der Waals surface area contributed by atoms with Gasteiger partial charge in [0.15, 0.2) is 0 Å². The summed E-state index contributed by atoms with van der Waals surface area (Å²) < 4.78 is 32.0.